The van der Waals surface area contributed by atoms with Gasteiger partial charge in [-0.2, -0.15) is 0 Å². The first-order valence-electron chi connectivity index (χ1n) is 8.01. The van der Waals surface area contributed by atoms with Crippen LogP contribution in [0.4, 0.5) is 5.69 Å². The summed E-state index contributed by atoms with van der Waals surface area (Å²) in [4.78, 5) is 16.7. The van der Waals surface area contributed by atoms with Crippen molar-refractivity contribution in [3.05, 3.63) is 78.3 Å². The van der Waals surface area contributed by atoms with Crippen LogP contribution in [-0.2, 0) is 10.0 Å². The number of nitrogens with zero attached hydrogens (tertiary/aromatic N) is 1. The van der Waals surface area contributed by atoms with Gasteiger partial charge in [-0.05, 0) is 48.5 Å². The van der Waals surface area contributed by atoms with Crippen molar-refractivity contribution in [2.45, 2.75) is 4.90 Å². The maximum atomic E-state index is 12.4. The zero-order valence-electron chi connectivity index (χ0n) is 14.3. The summed E-state index contributed by atoms with van der Waals surface area (Å²) in [6.45, 7) is 3.61. The van der Waals surface area contributed by atoms with Gasteiger partial charge in [0.05, 0.1) is 4.90 Å². The highest BCUT2D eigenvalue weighted by atomic mass is 32.2. The third-order valence-electron chi connectivity index (χ3n) is 3.67. The quantitative estimate of drug-likeness (QED) is 0.595. The fourth-order valence-corrected chi connectivity index (χ4v) is 3.95. The van der Waals surface area contributed by atoms with E-state index in [1.54, 1.807) is 29.7 Å². The van der Waals surface area contributed by atoms with Crippen LogP contribution >= 0.6 is 11.3 Å². The number of aromatic nitrogens is 1. The van der Waals surface area contributed by atoms with Gasteiger partial charge in [0.25, 0.3) is 5.91 Å². The monoisotopic (exact) mass is 399 g/mol. The minimum Gasteiger partial charge on any atom is -0.322 e. The molecule has 1 aromatic heterocycles. The minimum atomic E-state index is -3.61. The molecule has 2 aromatic carbocycles. The van der Waals surface area contributed by atoms with Crippen LogP contribution in [0.15, 0.2) is 77.7 Å². The zero-order chi connectivity index (χ0) is 19.3. The molecule has 3 aromatic rings. The lowest BCUT2D eigenvalue weighted by Gasteiger charge is -2.08. The molecule has 2 N–H and O–H groups in total. The van der Waals surface area contributed by atoms with Gasteiger partial charge in [-0.15, -0.1) is 17.9 Å². The number of hydrogen-bond donors (Lipinski definition) is 2. The maximum Gasteiger partial charge on any atom is 0.255 e. The Morgan fingerprint density at radius 3 is 2.41 bits per heavy atom. The molecule has 0 saturated carbocycles. The topological polar surface area (TPSA) is 88.2 Å². The largest absolute Gasteiger partial charge is 0.322 e. The predicted molar refractivity (Wildman–Crippen MR) is 107 cm³/mol. The lowest BCUT2D eigenvalue weighted by Crippen LogP contribution is -2.23. The smallest absolute Gasteiger partial charge is 0.255 e. The van der Waals surface area contributed by atoms with Crippen molar-refractivity contribution in [2.24, 2.45) is 0 Å². The normalized spacial score (nSPS) is 11.1. The van der Waals surface area contributed by atoms with Crippen LogP contribution in [0, 0.1) is 0 Å². The number of amides is 1. The van der Waals surface area contributed by atoms with E-state index < -0.39 is 10.0 Å². The van der Waals surface area contributed by atoms with Gasteiger partial charge in [0.1, 0.15) is 5.01 Å². The molecule has 6 nitrogen and oxygen atoms in total. The van der Waals surface area contributed by atoms with Gasteiger partial charge in [0.2, 0.25) is 10.0 Å². The highest BCUT2D eigenvalue weighted by molar-refractivity contribution is 7.89. The van der Waals surface area contributed by atoms with E-state index in [9.17, 15) is 13.2 Å². The van der Waals surface area contributed by atoms with Gasteiger partial charge in [-0.1, -0.05) is 6.08 Å². The number of thiazole rings is 1. The summed E-state index contributed by atoms with van der Waals surface area (Å²) in [7, 11) is -3.61. The Morgan fingerprint density at radius 2 is 1.81 bits per heavy atom. The molecule has 0 bridgehead atoms. The van der Waals surface area contributed by atoms with E-state index in [-0.39, 0.29) is 17.3 Å². The van der Waals surface area contributed by atoms with Crippen LogP contribution in [0.25, 0.3) is 10.6 Å². The van der Waals surface area contributed by atoms with Crippen molar-refractivity contribution in [1.29, 1.82) is 0 Å². The maximum absolute atomic E-state index is 12.4. The van der Waals surface area contributed by atoms with Gasteiger partial charge in [0.15, 0.2) is 0 Å². The van der Waals surface area contributed by atoms with E-state index in [4.69, 9.17) is 0 Å². The Kier molecular flexibility index (Phi) is 5.80. The third kappa shape index (κ3) is 4.68. The molecule has 138 valence electrons. The second-order valence-corrected chi connectivity index (χ2v) is 8.20. The summed E-state index contributed by atoms with van der Waals surface area (Å²) in [6, 6.07) is 13.1. The molecule has 0 aliphatic heterocycles. The Hall–Kier alpha value is -2.81. The zero-order valence-corrected chi connectivity index (χ0v) is 15.9. The van der Waals surface area contributed by atoms with E-state index >= 15 is 0 Å². The average Bonchev–Trinajstić information content (AvgIpc) is 3.22. The van der Waals surface area contributed by atoms with Crippen LogP contribution in [0.3, 0.4) is 0 Å². The second-order valence-electron chi connectivity index (χ2n) is 5.53. The van der Waals surface area contributed by atoms with Crippen molar-refractivity contribution in [3.8, 4) is 10.6 Å². The number of anilines is 1. The summed E-state index contributed by atoms with van der Waals surface area (Å²) in [6.07, 6.45) is 3.20. The first kappa shape index (κ1) is 19.0. The molecule has 0 unspecified atom stereocenters. The molecule has 0 atom stereocenters. The summed E-state index contributed by atoms with van der Waals surface area (Å²) in [5, 5.41) is 5.61. The Morgan fingerprint density at radius 1 is 1.11 bits per heavy atom. The number of carbonyl (C=O) groups is 1. The van der Waals surface area contributed by atoms with E-state index in [2.05, 4.69) is 21.6 Å². The Labute approximate surface area is 161 Å². The molecular weight excluding hydrogens is 382 g/mol. The highest BCUT2D eigenvalue weighted by Gasteiger charge is 2.14. The van der Waals surface area contributed by atoms with Crippen molar-refractivity contribution >= 4 is 33.0 Å². The van der Waals surface area contributed by atoms with Gasteiger partial charge < -0.3 is 5.32 Å². The molecule has 27 heavy (non-hydrogen) atoms. The van der Waals surface area contributed by atoms with Crippen molar-refractivity contribution in [1.82, 2.24) is 9.71 Å². The fourth-order valence-electron chi connectivity index (χ4n) is 2.30. The highest BCUT2D eigenvalue weighted by Crippen LogP contribution is 2.23. The number of rotatable bonds is 7. The van der Waals surface area contributed by atoms with Crippen molar-refractivity contribution in [3.63, 3.8) is 0 Å². The van der Waals surface area contributed by atoms with Crippen molar-refractivity contribution in [2.75, 3.05) is 11.9 Å². The van der Waals surface area contributed by atoms with E-state index in [1.165, 1.54) is 30.3 Å². The van der Waals surface area contributed by atoms with Crippen LogP contribution < -0.4 is 10.0 Å². The molecule has 1 heterocycles. The number of sulfonamides is 1. The summed E-state index contributed by atoms with van der Waals surface area (Å²) >= 11 is 1.54. The predicted octanol–water partition coefficient (Wildman–Crippen LogP) is 3.53. The summed E-state index contributed by atoms with van der Waals surface area (Å²) in [5.41, 5.74) is 1.98. The number of hydrogen-bond acceptors (Lipinski definition) is 5. The van der Waals surface area contributed by atoms with Gasteiger partial charge in [-0.25, -0.2) is 18.1 Å². The standard InChI is InChI=1S/C19H17N3O3S2/c1-2-11-21-27(24,25)17-9-5-14(6-10-17)18(23)22-16-7-3-15(4-8-16)19-20-12-13-26-19/h2-10,12-13,21H,1,11H2,(H,22,23). The molecule has 0 spiro atoms. The van der Waals surface area contributed by atoms with Crippen LogP contribution in [0.2, 0.25) is 0 Å². The summed E-state index contributed by atoms with van der Waals surface area (Å²) < 4.78 is 26.4. The summed E-state index contributed by atoms with van der Waals surface area (Å²) in [5.74, 6) is -0.319. The molecule has 0 saturated heterocycles. The molecule has 0 radical (unpaired) electrons. The number of carbonyl (C=O) groups excluding carboxylic acids is 1. The van der Waals surface area contributed by atoms with Gasteiger partial charge >= 0.3 is 0 Å². The van der Waals surface area contributed by atoms with Crippen LogP contribution in [0.1, 0.15) is 10.4 Å². The SMILES string of the molecule is C=CCNS(=O)(=O)c1ccc(C(=O)Nc2ccc(-c3nccs3)cc2)cc1. The number of nitrogens with one attached hydrogen (secondary N) is 2. The lowest BCUT2D eigenvalue weighted by atomic mass is 10.2. The van der Waals surface area contributed by atoms with E-state index in [0.717, 1.165) is 10.6 Å². The Balaban J connectivity index is 1.68. The molecule has 0 aliphatic rings. The first-order chi connectivity index (χ1) is 13.0. The average molecular weight is 399 g/mol. The molecule has 8 heteroatoms. The first-order valence-corrected chi connectivity index (χ1v) is 10.4. The molecule has 3 rings (SSSR count). The number of benzene rings is 2. The molecule has 0 aliphatic carbocycles. The van der Waals surface area contributed by atoms with Crippen molar-refractivity contribution < 1.29 is 13.2 Å². The second kappa shape index (κ2) is 8.26. The van der Waals surface area contributed by atoms with Gasteiger partial charge in [-0.3, -0.25) is 4.79 Å². The fraction of sp³-hybridized carbons (Fsp3) is 0.0526. The van der Waals surface area contributed by atoms with Gasteiger partial charge in [0, 0.05) is 34.9 Å². The lowest BCUT2D eigenvalue weighted by molar-refractivity contribution is 0.102. The molecule has 0 fully saturated rings. The minimum absolute atomic E-state index is 0.0914. The van der Waals surface area contributed by atoms with E-state index in [1.807, 2.05) is 17.5 Å². The molecular formula is C19H17N3O3S2. The van der Waals surface area contributed by atoms with E-state index in [0.29, 0.717) is 11.3 Å². The van der Waals surface area contributed by atoms with Crippen LogP contribution in [-0.4, -0.2) is 25.9 Å². The van der Waals surface area contributed by atoms with Crippen LogP contribution in [0.5, 0.6) is 0 Å². The third-order valence-corrected chi connectivity index (χ3v) is 5.93. The Bertz CT molecular complexity index is 1030. The molecule has 1 amide bonds.